The highest BCUT2D eigenvalue weighted by Gasteiger charge is 2.17. The molecule has 0 saturated heterocycles. The zero-order chi connectivity index (χ0) is 43.4. The number of unbranched alkanes of at least 4 members (excludes halogenated alkanes) is 26. The molecule has 0 aliphatic rings. The van der Waals surface area contributed by atoms with Crippen molar-refractivity contribution >= 4 is 6.41 Å². The number of aliphatic hydroxyl groups is 1. The third-order valence-corrected chi connectivity index (χ3v) is 10.7. The monoisotopic (exact) mass is 800 g/mol. The van der Waals surface area contributed by atoms with E-state index in [9.17, 15) is 0 Å². The van der Waals surface area contributed by atoms with Crippen molar-refractivity contribution in [2.45, 2.75) is 301 Å². The van der Waals surface area contributed by atoms with Crippen LogP contribution in [0.4, 0.5) is 0 Å². The Hall–Kier alpha value is -0.610. The van der Waals surface area contributed by atoms with Crippen LogP contribution in [0.2, 0.25) is 0 Å². The molecular formula is C52H113NO3. The minimum atomic E-state index is 0.250. The van der Waals surface area contributed by atoms with Gasteiger partial charge in [0.15, 0.2) is 0 Å². The molecule has 0 bridgehead atoms. The zero-order valence-electron chi connectivity index (χ0n) is 41.4. The number of hydrogen-bond acceptors (Lipinski definition) is 3. The molecule has 4 heteroatoms. The maximum atomic E-state index is 8.58. The van der Waals surface area contributed by atoms with Crippen LogP contribution in [0.5, 0.6) is 0 Å². The van der Waals surface area contributed by atoms with Crippen LogP contribution >= 0.6 is 0 Å². The Bertz CT molecular complexity index is 604. The van der Waals surface area contributed by atoms with Gasteiger partial charge in [-0.2, -0.15) is 0 Å². The second kappa shape index (κ2) is 58.7. The first-order valence-electron chi connectivity index (χ1n) is 25.3. The molecule has 0 saturated carbocycles. The molecule has 3 N–H and O–H groups in total. The summed E-state index contributed by atoms with van der Waals surface area (Å²) in [5, 5.41) is 8.24. The van der Waals surface area contributed by atoms with Crippen LogP contribution in [0.1, 0.15) is 294 Å². The SMILES string of the molecule is CC.CC(C)CCO.CCCC(C)(C)CC(C)C.CCCCCCCCCCCCCCCCC(CCCCCCCCCCCCCCCC)OC.NC=O. The fourth-order valence-electron chi connectivity index (χ4n) is 7.66. The van der Waals surface area contributed by atoms with Gasteiger partial charge in [0.05, 0.1) is 6.10 Å². The van der Waals surface area contributed by atoms with Crippen LogP contribution in [-0.2, 0) is 9.53 Å². The Kier molecular flexibility index (Phi) is 67.7. The number of primary amides is 1. The van der Waals surface area contributed by atoms with E-state index in [0.717, 1.165) is 12.3 Å². The van der Waals surface area contributed by atoms with Crippen LogP contribution in [-0.4, -0.2) is 31.3 Å². The molecule has 56 heavy (non-hydrogen) atoms. The number of aliphatic hydroxyl groups excluding tert-OH is 1. The van der Waals surface area contributed by atoms with E-state index in [4.69, 9.17) is 14.6 Å². The molecule has 0 aliphatic heterocycles. The smallest absolute Gasteiger partial charge is 0.204 e. The number of methoxy groups -OCH3 is 1. The largest absolute Gasteiger partial charge is 0.396 e. The summed E-state index contributed by atoms with van der Waals surface area (Å²) in [5.74, 6) is 1.50. The number of carbonyl (C=O) groups excluding carboxylic acids is 1. The molecule has 1 amide bonds. The number of ether oxygens (including phenoxy) is 1. The predicted molar refractivity (Wildman–Crippen MR) is 257 cm³/mol. The molecule has 344 valence electrons. The Labute approximate surface area is 357 Å². The van der Waals surface area contributed by atoms with Crippen molar-refractivity contribution in [2.24, 2.45) is 23.0 Å². The molecule has 0 rings (SSSR count). The molecule has 0 unspecified atom stereocenters. The topological polar surface area (TPSA) is 72.6 Å². The van der Waals surface area contributed by atoms with Crippen molar-refractivity contribution in [3.8, 4) is 0 Å². The van der Waals surface area contributed by atoms with E-state index >= 15 is 0 Å². The van der Waals surface area contributed by atoms with Gasteiger partial charge in [-0.25, -0.2) is 0 Å². The van der Waals surface area contributed by atoms with Crippen LogP contribution in [0.15, 0.2) is 0 Å². The molecule has 0 spiro atoms. The van der Waals surface area contributed by atoms with Crippen LogP contribution < -0.4 is 5.73 Å². The normalized spacial score (nSPS) is 10.9. The Morgan fingerprint density at radius 3 is 0.946 bits per heavy atom. The van der Waals surface area contributed by atoms with E-state index in [1.807, 2.05) is 21.0 Å². The number of carbonyl (C=O) groups is 1. The van der Waals surface area contributed by atoms with Gasteiger partial charge in [0.2, 0.25) is 6.41 Å². The summed E-state index contributed by atoms with van der Waals surface area (Å²) < 4.78 is 5.78. The molecule has 0 aromatic carbocycles. The van der Waals surface area contributed by atoms with Gasteiger partial charge >= 0.3 is 0 Å². The van der Waals surface area contributed by atoms with Crippen molar-refractivity contribution in [1.29, 1.82) is 0 Å². The van der Waals surface area contributed by atoms with Gasteiger partial charge in [-0.3, -0.25) is 4.79 Å². The minimum Gasteiger partial charge on any atom is -0.396 e. The highest BCUT2D eigenvalue weighted by atomic mass is 16.5. The van der Waals surface area contributed by atoms with Gasteiger partial charge in [-0.15, -0.1) is 0 Å². The van der Waals surface area contributed by atoms with Gasteiger partial charge in [-0.05, 0) is 49.4 Å². The molecular weight excluding hydrogens is 687 g/mol. The first-order valence-corrected chi connectivity index (χ1v) is 25.3. The lowest BCUT2D eigenvalue weighted by atomic mass is 9.80. The molecule has 0 aliphatic carbocycles. The van der Waals surface area contributed by atoms with Gasteiger partial charge < -0.3 is 15.6 Å². The molecule has 4 nitrogen and oxygen atoms in total. The fraction of sp³-hybridized carbons (Fsp3) is 0.981. The maximum Gasteiger partial charge on any atom is 0.204 e. The molecule has 0 atom stereocenters. The van der Waals surface area contributed by atoms with E-state index in [-0.39, 0.29) is 6.41 Å². The summed E-state index contributed by atoms with van der Waals surface area (Å²) in [6.07, 6.45) is 48.7. The lowest BCUT2D eigenvalue weighted by Gasteiger charge is -2.25. The Morgan fingerprint density at radius 1 is 0.500 bits per heavy atom. The zero-order valence-corrected chi connectivity index (χ0v) is 41.4. The number of amides is 1. The quantitative estimate of drug-likeness (QED) is 0.0486. The van der Waals surface area contributed by atoms with Crippen LogP contribution in [0.3, 0.4) is 0 Å². The van der Waals surface area contributed by atoms with Crippen molar-refractivity contribution in [1.82, 2.24) is 0 Å². The summed E-state index contributed by atoms with van der Waals surface area (Å²) in [5.41, 5.74) is 4.74. The van der Waals surface area contributed by atoms with Crippen LogP contribution in [0, 0.1) is 17.3 Å². The average molecular weight is 800 g/mol. The van der Waals surface area contributed by atoms with Crippen molar-refractivity contribution in [3.63, 3.8) is 0 Å². The number of nitrogens with two attached hydrogens (primary N) is 1. The minimum absolute atomic E-state index is 0.250. The molecule has 0 aromatic rings. The standard InChI is InChI=1S/C34H70O.C10H22.C5H12O.C2H6.CH3NO/c1-4-6-8-10-12-14-16-18-20-22-24-26-28-30-32-34(35-3)33-31-29-27-25-23-21-19-17-15-13-11-9-7-5-2;1-6-7-10(4,5)8-9(2)3;1-5(2)3-4-6;1-2;2-1-3/h34H,4-33H2,1-3H3;9H,6-8H2,1-5H3;5-6H,3-4H2,1-2H3;1-2H3;1H,(H2,2,3). The fourth-order valence-corrected chi connectivity index (χ4v) is 7.66. The van der Waals surface area contributed by atoms with Crippen molar-refractivity contribution < 1.29 is 14.6 Å². The van der Waals surface area contributed by atoms with Gasteiger partial charge in [0.1, 0.15) is 0 Å². The van der Waals surface area contributed by atoms with Crippen molar-refractivity contribution in [2.75, 3.05) is 13.7 Å². The molecule has 0 heterocycles. The third-order valence-electron chi connectivity index (χ3n) is 10.7. The highest BCUT2D eigenvalue weighted by molar-refractivity contribution is 5.42. The number of hydrogen-bond donors (Lipinski definition) is 2. The van der Waals surface area contributed by atoms with Gasteiger partial charge in [0, 0.05) is 13.7 Å². The second-order valence-electron chi connectivity index (χ2n) is 18.2. The first kappa shape index (κ1) is 64.5. The lowest BCUT2D eigenvalue weighted by molar-refractivity contribution is -0.106. The Balaban J connectivity index is -0.000000335. The number of rotatable bonds is 37. The Morgan fingerprint density at radius 2 is 0.768 bits per heavy atom. The second-order valence-corrected chi connectivity index (χ2v) is 18.2. The maximum absolute atomic E-state index is 8.58. The van der Waals surface area contributed by atoms with E-state index in [1.54, 1.807) is 0 Å². The van der Waals surface area contributed by atoms with E-state index in [1.165, 1.54) is 212 Å². The van der Waals surface area contributed by atoms with Gasteiger partial charge in [0.25, 0.3) is 0 Å². The molecule has 0 radical (unpaired) electrons. The van der Waals surface area contributed by atoms with Gasteiger partial charge in [-0.1, -0.05) is 262 Å². The molecule has 0 fully saturated rings. The summed E-state index contributed by atoms with van der Waals surface area (Å²) in [6, 6.07) is 0. The summed E-state index contributed by atoms with van der Waals surface area (Å²) in [6.45, 7) is 24.7. The summed E-state index contributed by atoms with van der Waals surface area (Å²) >= 11 is 0. The first-order chi connectivity index (χ1) is 27.0. The van der Waals surface area contributed by atoms with E-state index in [2.05, 4.69) is 68.0 Å². The predicted octanol–water partition coefficient (Wildman–Crippen LogP) is 17.8. The third kappa shape index (κ3) is 71.1. The van der Waals surface area contributed by atoms with E-state index < -0.39 is 0 Å². The van der Waals surface area contributed by atoms with Crippen molar-refractivity contribution in [3.05, 3.63) is 0 Å². The van der Waals surface area contributed by atoms with Crippen LogP contribution in [0.25, 0.3) is 0 Å². The van der Waals surface area contributed by atoms with E-state index in [0.29, 0.717) is 24.0 Å². The average Bonchev–Trinajstić information content (AvgIpc) is 3.15. The summed E-state index contributed by atoms with van der Waals surface area (Å²) in [7, 11) is 1.93. The summed E-state index contributed by atoms with van der Waals surface area (Å²) in [4.78, 5) is 8.58. The molecule has 0 aromatic heterocycles. The highest BCUT2D eigenvalue weighted by Crippen LogP contribution is 2.30. The lowest BCUT2D eigenvalue weighted by Crippen LogP contribution is -2.13.